The van der Waals surface area contributed by atoms with Crippen LogP contribution in [0.25, 0.3) is 10.9 Å². The van der Waals surface area contributed by atoms with Gasteiger partial charge in [0.2, 0.25) is 70.9 Å². The molecule has 2 rings (SSSR count). The number of carbonyl (C=O) groups is 12. The van der Waals surface area contributed by atoms with E-state index in [1.165, 1.54) is 6.92 Å². The first-order chi connectivity index (χ1) is 51.6. The Hall–Kier alpha value is -10.6. The first kappa shape index (κ1) is 95.5. The fourth-order valence-corrected chi connectivity index (χ4v) is 11.5. The van der Waals surface area contributed by atoms with E-state index in [0.717, 1.165) is 0 Å². The van der Waals surface area contributed by atoms with E-state index in [1.807, 2.05) is 26.0 Å². The van der Waals surface area contributed by atoms with Crippen LogP contribution in [0.5, 0.6) is 0 Å². The molecule has 1 aromatic heterocycles. The second-order valence-electron chi connectivity index (χ2n) is 29.3. The number of aromatic amines is 1. The molecule has 618 valence electrons. The quantitative estimate of drug-likeness (QED) is 0.0174. The first-order valence-corrected chi connectivity index (χ1v) is 37.8. The summed E-state index contributed by atoms with van der Waals surface area (Å²) in [6, 6.07) is -8.07. The number of rotatable bonds is 51. The van der Waals surface area contributed by atoms with Crippen molar-refractivity contribution in [3.8, 4) is 0 Å². The second kappa shape index (κ2) is 48.8. The van der Waals surface area contributed by atoms with Crippen molar-refractivity contribution in [2.45, 2.75) is 246 Å². The molecule has 0 saturated heterocycles. The van der Waals surface area contributed by atoms with E-state index in [9.17, 15) is 57.5 Å². The number of para-hydroxylation sites is 1. The number of primary amides is 1. The van der Waals surface area contributed by atoms with Gasteiger partial charge in [0, 0.05) is 49.7 Å². The van der Waals surface area contributed by atoms with Gasteiger partial charge < -0.3 is 121 Å². The highest BCUT2D eigenvalue weighted by Crippen LogP contribution is 2.21. The number of benzene rings is 1. The highest BCUT2D eigenvalue weighted by atomic mass is 16.2. The minimum absolute atomic E-state index is 0.00687. The van der Waals surface area contributed by atoms with E-state index in [0.29, 0.717) is 42.1 Å². The monoisotopic (exact) mass is 1550 g/mol. The highest BCUT2D eigenvalue weighted by Gasteiger charge is 2.39. The summed E-state index contributed by atoms with van der Waals surface area (Å²) < 4.78 is 0. The number of aliphatic imine (C=N–C) groups is 4. The van der Waals surface area contributed by atoms with Crippen molar-refractivity contribution in [3.63, 3.8) is 0 Å². The summed E-state index contributed by atoms with van der Waals surface area (Å²) >= 11 is 0. The van der Waals surface area contributed by atoms with Crippen LogP contribution in [0.2, 0.25) is 0 Å². The Kier molecular flexibility index (Phi) is 42.3. The third kappa shape index (κ3) is 34.3. The van der Waals surface area contributed by atoms with Crippen molar-refractivity contribution in [1.29, 1.82) is 0 Å². The molecule has 14 atom stereocenters. The number of amides is 12. The lowest BCUT2D eigenvalue weighted by molar-refractivity contribution is -0.137. The summed E-state index contributed by atoms with van der Waals surface area (Å²) in [7, 11) is 0. The molecule has 0 bridgehead atoms. The Morgan fingerprint density at radius 3 is 1.16 bits per heavy atom. The summed E-state index contributed by atoms with van der Waals surface area (Å²) in [5.41, 5.74) is 57.4. The van der Waals surface area contributed by atoms with Crippen LogP contribution in [-0.4, -0.2) is 198 Å². The Morgan fingerprint density at radius 2 is 0.718 bits per heavy atom. The molecule has 0 aliphatic heterocycles. The summed E-state index contributed by atoms with van der Waals surface area (Å²) in [6.07, 6.45) is 3.74. The van der Waals surface area contributed by atoms with E-state index in [4.69, 9.17) is 57.3 Å². The van der Waals surface area contributed by atoms with E-state index in [2.05, 4.69) is 83.4 Å². The molecular formula is C72H128N26O12. The molecule has 2 aromatic rings. The fraction of sp³-hybridized carbons (Fsp3) is 0.667. The number of aromatic nitrogens is 1. The molecule has 38 heteroatoms. The number of carbonyl (C=O) groups excluding carboxylic acids is 12. The van der Waals surface area contributed by atoms with Crippen molar-refractivity contribution in [2.75, 3.05) is 26.2 Å². The Bertz CT molecular complexity index is 3470. The topological polar surface area (TPSA) is 663 Å². The van der Waals surface area contributed by atoms with Gasteiger partial charge in [-0.1, -0.05) is 114 Å². The van der Waals surface area contributed by atoms with Gasteiger partial charge in [0.1, 0.15) is 66.5 Å². The molecule has 0 aliphatic rings. The maximum absolute atomic E-state index is 15.0. The zero-order valence-electron chi connectivity index (χ0n) is 66.3. The maximum atomic E-state index is 15.0. The molecule has 32 N–H and O–H groups in total. The number of hydrogen-bond acceptors (Lipinski definition) is 17. The number of unbranched alkanes of at least 4 members (excludes halogenated alkanes) is 1. The highest BCUT2D eigenvalue weighted by molar-refractivity contribution is 6.00. The van der Waals surface area contributed by atoms with E-state index in [1.54, 1.807) is 87.6 Å². The number of nitrogens with one attached hydrogen (secondary N) is 12. The molecule has 0 fully saturated rings. The lowest BCUT2D eigenvalue weighted by Crippen LogP contribution is -2.62. The number of nitrogens with two attached hydrogens (primary N) is 10. The first-order valence-electron chi connectivity index (χ1n) is 37.8. The number of fused-ring (bicyclic) bond motifs is 1. The van der Waals surface area contributed by atoms with Crippen LogP contribution < -0.4 is 116 Å². The minimum atomic E-state index is -1.44. The lowest BCUT2D eigenvalue weighted by atomic mass is 9.95. The third-order valence-corrected chi connectivity index (χ3v) is 18.5. The predicted octanol–water partition coefficient (Wildman–Crippen LogP) is -3.41. The largest absolute Gasteiger partial charge is 0.370 e. The van der Waals surface area contributed by atoms with Crippen molar-refractivity contribution < 1.29 is 57.5 Å². The zero-order valence-corrected chi connectivity index (χ0v) is 66.3. The van der Waals surface area contributed by atoms with Gasteiger partial charge in [-0.3, -0.25) is 77.5 Å². The normalized spacial score (nSPS) is 15.1. The molecule has 12 amide bonds. The van der Waals surface area contributed by atoms with Gasteiger partial charge in [-0.25, -0.2) is 0 Å². The van der Waals surface area contributed by atoms with Gasteiger partial charge in [-0.2, -0.15) is 0 Å². The fourth-order valence-electron chi connectivity index (χ4n) is 11.5. The minimum Gasteiger partial charge on any atom is -0.370 e. The van der Waals surface area contributed by atoms with Gasteiger partial charge in [0.05, 0.1) is 6.04 Å². The molecule has 1 aromatic carbocycles. The molecule has 0 radical (unpaired) electrons. The van der Waals surface area contributed by atoms with Crippen LogP contribution in [0.4, 0.5) is 0 Å². The second-order valence-corrected chi connectivity index (χ2v) is 29.3. The SMILES string of the molecule is CC[C@H](C)[C@H](NC(=O)[C@H](CCCN=C(N)N)NC(=O)[C@@H](NC(=O)[C@H](C)NC(=O)[C@@H](NC(=O)[C@@H](NC(=O)[C@H](CC(C)C)NC(=O)[C@H](CCCCN=C(N)N)NC(=O)[C@@H](N)C(C)C)[C@@H](C)CC)C(C)C)C(C)C)C(=O)N[C@@H](Cc1c[nH]c2ccccc12)C(=O)N[C@@H](CCCN=C(N)N)C(=O)N[C@@H](CCCN=C(N)N)C(N)=O. The standard InChI is InChI=1S/C72H128N26O12/c1-14-40(11)55(67(109)94-51(34-43-35-87-45-24-17-16-23-44(43)45)62(104)90-48(27-21-31-85-71(79)80)59(101)89-46(57(74)99)26-20-30-84-70(77)78)97-61(103)49(28-22-32-86-72(81)82)92-66(108)54(39(9)10)95-58(100)42(13)88-65(107)53(38(7)8)96-68(110)56(41(12)15-2)98-63(105)50(33-36(3)4)93-60(102)47(25-18-19-29-83-69(75)76)91-64(106)52(73)37(5)6/h16-17,23-24,35-42,46-56,87H,14-15,18-22,25-34,73H2,1-13H3,(H2,74,99)(H,88,107)(H,89,101)(H,90,104)(H,91,106)(H,92,108)(H,93,102)(H,94,109)(H,95,100)(H,96,110)(H,97,103)(H,98,105)(H4,75,76,83)(H4,77,78,84)(H4,79,80,85)(H4,81,82,86)/t40-,41-,42-,46-,47-,48-,49-,50-,51-,52-,53-,54-,55-,56-/m0/s1. The Balaban J connectivity index is 2.51. The van der Waals surface area contributed by atoms with Gasteiger partial charge in [-0.05, 0) is 118 Å². The van der Waals surface area contributed by atoms with Gasteiger partial charge in [0.15, 0.2) is 23.8 Å². The van der Waals surface area contributed by atoms with Crippen molar-refractivity contribution >= 4 is 106 Å². The average molecular weight is 1550 g/mol. The van der Waals surface area contributed by atoms with Crippen molar-refractivity contribution in [3.05, 3.63) is 36.0 Å². The van der Waals surface area contributed by atoms with Crippen LogP contribution in [0, 0.1) is 35.5 Å². The number of nitrogens with zero attached hydrogens (tertiary/aromatic N) is 4. The Morgan fingerprint density at radius 1 is 0.373 bits per heavy atom. The van der Waals surface area contributed by atoms with E-state index >= 15 is 0 Å². The van der Waals surface area contributed by atoms with Gasteiger partial charge >= 0.3 is 0 Å². The molecule has 110 heavy (non-hydrogen) atoms. The summed E-state index contributed by atoms with van der Waals surface area (Å²) in [5, 5.41) is 30.8. The molecule has 0 aliphatic carbocycles. The molecule has 38 nitrogen and oxygen atoms in total. The smallest absolute Gasteiger partial charge is 0.243 e. The Labute approximate surface area is 645 Å². The van der Waals surface area contributed by atoms with Crippen molar-refractivity contribution in [2.24, 2.45) is 113 Å². The molecule has 0 unspecified atom stereocenters. The van der Waals surface area contributed by atoms with Crippen LogP contribution in [0.15, 0.2) is 50.4 Å². The molecule has 1 heterocycles. The molecule has 0 saturated carbocycles. The molecule has 0 spiro atoms. The maximum Gasteiger partial charge on any atom is 0.243 e. The average Bonchev–Trinajstić information content (AvgIpc) is 1.70. The summed E-state index contributed by atoms with van der Waals surface area (Å²) in [6.45, 7) is 22.6. The summed E-state index contributed by atoms with van der Waals surface area (Å²) in [4.78, 5) is 190. The predicted molar refractivity (Wildman–Crippen MR) is 423 cm³/mol. The zero-order chi connectivity index (χ0) is 83.2. The number of hydrogen-bond donors (Lipinski definition) is 22. The van der Waals surface area contributed by atoms with Crippen LogP contribution in [-0.2, 0) is 64.0 Å². The number of guanidine groups is 4. The van der Waals surface area contributed by atoms with E-state index in [-0.39, 0.29) is 120 Å². The number of H-pyrrole nitrogens is 1. The van der Waals surface area contributed by atoms with Crippen LogP contribution >= 0.6 is 0 Å². The lowest BCUT2D eigenvalue weighted by Gasteiger charge is -2.31. The van der Waals surface area contributed by atoms with E-state index < -0.39 is 167 Å². The van der Waals surface area contributed by atoms with Crippen LogP contribution in [0.3, 0.4) is 0 Å². The van der Waals surface area contributed by atoms with Crippen LogP contribution in [0.1, 0.15) is 173 Å². The van der Waals surface area contributed by atoms with Gasteiger partial charge in [0.25, 0.3) is 0 Å². The third-order valence-electron chi connectivity index (χ3n) is 18.5. The van der Waals surface area contributed by atoms with Crippen molar-refractivity contribution in [1.82, 2.24) is 63.5 Å². The molecular weight excluding hydrogens is 1420 g/mol. The van der Waals surface area contributed by atoms with Gasteiger partial charge in [-0.15, -0.1) is 0 Å². The summed E-state index contributed by atoms with van der Waals surface area (Å²) in [5.74, 6) is -12.9.